The lowest BCUT2D eigenvalue weighted by molar-refractivity contribution is -0.134. The average molecular weight is 506 g/mol. The number of alkyl halides is 1. The van der Waals surface area contributed by atoms with E-state index in [-0.39, 0.29) is 36.7 Å². The maximum atomic E-state index is 15.1. The fourth-order valence-corrected chi connectivity index (χ4v) is 4.22. The number of rotatable bonds is 8. The lowest BCUT2D eigenvalue weighted by Crippen LogP contribution is -2.49. The molecule has 5 rings (SSSR count). The van der Waals surface area contributed by atoms with Crippen molar-refractivity contribution in [2.75, 3.05) is 13.1 Å². The summed E-state index contributed by atoms with van der Waals surface area (Å²) < 4.78 is 28.5. The van der Waals surface area contributed by atoms with Crippen molar-refractivity contribution in [1.29, 1.82) is 0 Å². The monoisotopic (exact) mass is 505 g/mol. The molecule has 37 heavy (non-hydrogen) atoms. The number of aromatic nitrogens is 3. The van der Waals surface area contributed by atoms with Crippen LogP contribution in [-0.4, -0.2) is 69.4 Å². The van der Waals surface area contributed by atoms with Gasteiger partial charge >= 0.3 is 0 Å². The maximum Gasteiger partial charge on any atom is 0.281 e. The molecule has 1 saturated heterocycles. The first kappa shape index (κ1) is 24.6. The van der Waals surface area contributed by atoms with Crippen LogP contribution in [0.15, 0.2) is 54.0 Å². The van der Waals surface area contributed by atoms with Crippen LogP contribution in [0, 0.1) is 0 Å². The highest BCUT2D eigenvalue weighted by Crippen LogP contribution is 2.29. The topological polar surface area (TPSA) is 98.9 Å². The Morgan fingerprint density at radius 3 is 2.59 bits per heavy atom. The quantitative estimate of drug-likeness (QED) is 0.435. The van der Waals surface area contributed by atoms with E-state index >= 15 is 4.39 Å². The van der Waals surface area contributed by atoms with Crippen LogP contribution in [0.2, 0.25) is 0 Å². The van der Waals surface area contributed by atoms with E-state index in [0.29, 0.717) is 23.9 Å². The molecular formula is C27H28FN5O4. The van der Waals surface area contributed by atoms with Gasteiger partial charge in [-0.1, -0.05) is 12.1 Å². The van der Waals surface area contributed by atoms with E-state index in [9.17, 15) is 9.59 Å². The van der Waals surface area contributed by atoms with E-state index in [4.69, 9.17) is 9.47 Å². The van der Waals surface area contributed by atoms with E-state index < -0.39 is 18.2 Å². The molecule has 2 fully saturated rings. The molecule has 2 amide bonds. The summed E-state index contributed by atoms with van der Waals surface area (Å²) in [4.78, 5) is 38.7. The lowest BCUT2D eigenvalue weighted by Gasteiger charge is -2.34. The summed E-state index contributed by atoms with van der Waals surface area (Å²) in [6, 6.07) is 9.02. The fourth-order valence-electron chi connectivity index (χ4n) is 4.22. The van der Waals surface area contributed by atoms with Gasteiger partial charge in [0.25, 0.3) is 5.91 Å². The maximum absolute atomic E-state index is 15.1. The highest BCUT2D eigenvalue weighted by Gasteiger charge is 2.34. The second-order valence-electron chi connectivity index (χ2n) is 9.40. The number of nitrogens with zero attached hydrogens (tertiary/aromatic N) is 5. The van der Waals surface area contributed by atoms with Gasteiger partial charge in [-0.3, -0.25) is 9.59 Å². The number of halogens is 1. The number of pyridine rings is 1. The van der Waals surface area contributed by atoms with Gasteiger partial charge in [0.2, 0.25) is 11.8 Å². The summed E-state index contributed by atoms with van der Waals surface area (Å²) in [5, 5.41) is 0. The second kappa shape index (κ2) is 10.5. The number of aliphatic imine (C=N–C) groups is 1. The Hall–Kier alpha value is -4.08. The zero-order chi connectivity index (χ0) is 25.9. The molecule has 3 heterocycles. The molecule has 2 atom stereocenters. The van der Waals surface area contributed by atoms with Crippen molar-refractivity contribution < 1.29 is 23.5 Å². The van der Waals surface area contributed by atoms with Crippen LogP contribution < -0.4 is 9.47 Å². The zero-order valence-electron chi connectivity index (χ0n) is 20.5. The number of ether oxygens (including phenoxy) is 2. The Labute approximate surface area is 214 Å². The minimum absolute atomic E-state index is 0.0157. The van der Waals surface area contributed by atoms with Gasteiger partial charge in [0.15, 0.2) is 6.17 Å². The van der Waals surface area contributed by atoms with E-state index in [2.05, 4.69) is 21.7 Å². The number of aryl methyl sites for hydroxylation is 1. The first-order chi connectivity index (χ1) is 17.9. The molecule has 1 aromatic carbocycles. The predicted octanol–water partition coefficient (Wildman–Crippen LogP) is 3.42. The van der Waals surface area contributed by atoms with Crippen molar-refractivity contribution in [3.05, 3.63) is 60.2 Å². The fraction of sp³-hybridized carbons (Fsp3) is 0.370. The number of hydrogen-bond donors (Lipinski definition) is 0. The van der Waals surface area contributed by atoms with Crippen molar-refractivity contribution in [3.63, 3.8) is 0 Å². The number of amides is 2. The highest BCUT2D eigenvalue weighted by atomic mass is 19.1. The Kier molecular flexibility index (Phi) is 6.98. The Bertz CT molecular complexity index is 1300. The lowest BCUT2D eigenvalue weighted by atomic mass is 10.0. The Morgan fingerprint density at radius 2 is 1.95 bits per heavy atom. The molecule has 2 unspecified atom stereocenters. The molecule has 2 aromatic heterocycles. The van der Waals surface area contributed by atoms with Crippen LogP contribution in [-0.2, 0) is 18.3 Å². The number of piperidine rings is 1. The van der Waals surface area contributed by atoms with Crippen LogP contribution in [0.5, 0.6) is 11.6 Å². The van der Waals surface area contributed by atoms with Crippen LogP contribution in [0.25, 0.3) is 11.3 Å². The first-order valence-electron chi connectivity index (χ1n) is 12.2. The van der Waals surface area contributed by atoms with Crippen molar-refractivity contribution in [2.24, 2.45) is 12.0 Å². The predicted molar refractivity (Wildman–Crippen MR) is 135 cm³/mol. The summed E-state index contributed by atoms with van der Waals surface area (Å²) in [6.07, 6.45) is 5.57. The van der Waals surface area contributed by atoms with Gasteiger partial charge in [0.05, 0.1) is 31.1 Å². The van der Waals surface area contributed by atoms with Crippen molar-refractivity contribution >= 4 is 18.5 Å². The first-order valence-corrected chi connectivity index (χ1v) is 12.2. The van der Waals surface area contributed by atoms with Crippen LogP contribution in [0.4, 0.5) is 4.39 Å². The number of carbonyl (C=O) groups excluding carboxylic acids is 2. The molecule has 1 aliphatic carbocycles. The van der Waals surface area contributed by atoms with Crippen molar-refractivity contribution in [1.82, 2.24) is 19.4 Å². The van der Waals surface area contributed by atoms with Gasteiger partial charge in [-0.25, -0.2) is 19.4 Å². The normalized spacial score (nSPS) is 19.4. The largest absolute Gasteiger partial charge is 0.490 e. The Balaban J connectivity index is 1.21. The zero-order valence-corrected chi connectivity index (χ0v) is 20.5. The standard InChI is InChI=1S/C27H28FN5O4/c1-29-26(35)21-12-18(23-15-32(2)16-31-23)13-30-27(21)37-24-9-10-33(14-22(24)28)25(34)11-17-3-5-19(6-4-17)36-20-7-8-20/h3-6,12-13,15-16,20,22,24H,1,7-11,14H2,2H3. The van der Waals surface area contributed by atoms with E-state index in [1.807, 2.05) is 31.3 Å². The SMILES string of the molecule is C=NC(=O)c1cc(-c2cn(C)cn2)cnc1OC1CCN(C(=O)Cc2ccc(OC3CC3)cc2)CC1F. The van der Waals surface area contributed by atoms with Gasteiger partial charge in [-0.15, -0.1) is 0 Å². The molecule has 9 nitrogen and oxygen atoms in total. The molecule has 0 spiro atoms. The number of imidazole rings is 1. The van der Waals surface area contributed by atoms with Crippen LogP contribution in [0.1, 0.15) is 35.2 Å². The van der Waals surface area contributed by atoms with Gasteiger partial charge in [0, 0.05) is 38.0 Å². The minimum atomic E-state index is -1.44. The molecule has 0 N–H and O–H groups in total. The summed E-state index contributed by atoms with van der Waals surface area (Å²) in [5.74, 6) is 0.00283. The van der Waals surface area contributed by atoms with Crippen molar-refractivity contribution in [3.8, 4) is 22.9 Å². The minimum Gasteiger partial charge on any atom is -0.490 e. The van der Waals surface area contributed by atoms with E-state index in [1.54, 1.807) is 23.2 Å². The molecule has 2 aliphatic rings. The van der Waals surface area contributed by atoms with E-state index in [1.165, 1.54) is 11.1 Å². The van der Waals surface area contributed by atoms with Gasteiger partial charge in [-0.2, -0.15) is 0 Å². The molecule has 192 valence electrons. The van der Waals surface area contributed by atoms with Gasteiger partial charge in [-0.05, 0) is 43.3 Å². The Morgan fingerprint density at radius 1 is 1.16 bits per heavy atom. The second-order valence-corrected chi connectivity index (χ2v) is 9.40. The number of likely N-dealkylation sites (tertiary alicyclic amines) is 1. The third-order valence-corrected chi connectivity index (χ3v) is 6.43. The molecule has 3 aromatic rings. The molecule has 10 heteroatoms. The summed E-state index contributed by atoms with van der Waals surface area (Å²) >= 11 is 0. The molecule has 0 bridgehead atoms. The molecule has 0 radical (unpaired) electrons. The van der Waals surface area contributed by atoms with Crippen LogP contribution >= 0.6 is 0 Å². The summed E-state index contributed by atoms with van der Waals surface area (Å²) in [6.45, 7) is 3.54. The van der Waals surface area contributed by atoms with Crippen LogP contribution in [0.3, 0.4) is 0 Å². The van der Waals surface area contributed by atoms with Gasteiger partial charge in [0.1, 0.15) is 17.4 Å². The van der Waals surface area contributed by atoms with Gasteiger partial charge < -0.3 is 18.9 Å². The molecule has 1 saturated carbocycles. The molecule has 1 aliphatic heterocycles. The summed E-state index contributed by atoms with van der Waals surface area (Å²) in [7, 11) is 1.83. The van der Waals surface area contributed by atoms with Crippen molar-refractivity contribution in [2.45, 2.75) is 44.1 Å². The summed E-state index contributed by atoms with van der Waals surface area (Å²) in [5.41, 5.74) is 2.15. The number of benzene rings is 1. The number of hydrogen-bond acceptors (Lipinski definition) is 6. The highest BCUT2D eigenvalue weighted by molar-refractivity contribution is 5.99. The average Bonchev–Trinajstić information content (AvgIpc) is 3.62. The molecular weight excluding hydrogens is 477 g/mol. The third-order valence-electron chi connectivity index (χ3n) is 6.43. The third kappa shape index (κ3) is 5.84. The number of carbonyl (C=O) groups is 2. The smallest absolute Gasteiger partial charge is 0.281 e. The van der Waals surface area contributed by atoms with E-state index in [0.717, 1.165) is 24.2 Å².